The van der Waals surface area contributed by atoms with Gasteiger partial charge in [-0.15, -0.1) is 0 Å². The normalized spacial score (nSPS) is 11.0. The van der Waals surface area contributed by atoms with Gasteiger partial charge in [0.1, 0.15) is 0 Å². The van der Waals surface area contributed by atoms with Crippen LogP contribution in [0.15, 0.2) is 0 Å². The third-order valence-corrected chi connectivity index (χ3v) is 0.752. The van der Waals surface area contributed by atoms with Crippen molar-refractivity contribution in [3.63, 3.8) is 0 Å². The van der Waals surface area contributed by atoms with E-state index in [4.69, 9.17) is 0 Å². The number of rotatable bonds is 2. The number of ketones is 1. The highest BCUT2D eigenvalue weighted by Crippen LogP contribution is 2.12. The van der Waals surface area contributed by atoms with Gasteiger partial charge in [0, 0.05) is 6.92 Å². The van der Waals surface area contributed by atoms with E-state index in [-0.39, 0.29) is 0 Å². The summed E-state index contributed by atoms with van der Waals surface area (Å²) in [5, 5.41) is 0. The number of hydrogen-bond donors (Lipinski definition) is 1. The van der Waals surface area contributed by atoms with Crippen molar-refractivity contribution < 1.29 is 18.4 Å². The van der Waals surface area contributed by atoms with Crippen molar-refractivity contribution >= 4 is 11.7 Å². The summed E-state index contributed by atoms with van der Waals surface area (Å²) in [6, 6.07) is 0. The molecule has 0 saturated carbocycles. The van der Waals surface area contributed by atoms with E-state index in [1.54, 1.807) is 0 Å². The third kappa shape index (κ3) is 1.45. The largest absolute Gasteiger partial charge is 0.381 e. The number of hydrogen-bond acceptors (Lipinski definition) is 2. The molecule has 52 valence electrons. The first-order valence-corrected chi connectivity index (χ1v) is 2.07. The lowest BCUT2D eigenvalue weighted by atomic mass is 10.2. The van der Waals surface area contributed by atoms with Gasteiger partial charge in [0.05, 0.1) is 0 Å². The van der Waals surface area contributed by atoms with E-state index in [2.05, 4.69) is 5.73 Å². The highest BCUT2D eigenvalue weighted by atomic mass is 19.3. The van der Waals surface area contributed by atoms with Crippen LogP contribution in [0.5, 0.6) is 0 Å². The smallest absolute Gasteiger partial charge is 0.364 e. The van der Waals surface area contributed by atoms with Crippen LogP contribution in [0.3, 0.4) is 0 Å². The van der Waals surface area contributed by atoms with Crippen molar-refractivity contribution in [1.29, 1.82) is 0 Å². The zero-order chi connectivity index (χ0) is 7.65. The summed E-state index contributed by atoms with van der Waals surface area (Å²) in [6.07, 6.45) is 0. The van der Waals surface area contributed by atoms with E-state index in [0.29, 0.717) is 6.92 Å². The minimum absolute atomic E-state index is 0.602. The molecule has 0 heterocycles. The van der Waals surface area contributed by atoms with Gasteiger partial charge >= 0.3 is 5.92 Å². The third-order valence-electron chi connectivity index (χ3n) is 0.752. The molecule has 0 aromatic carbocycles. The maximum atomic E-state index is 11.8. The fourth-order valence-electron chi connectivity index (χ4n) is 0.173. The Balaban J connectivity index is 4.38. The van der Waals surface area contributed by atoms with Crippen molar-refractivity contribution in [2.45, 2.75) is 12.8 Å². The average molecular weight is 137 g/mol. The first-order valence-electron chi connectivity index (χ1n) is 2.07. The van der Waals surface area contributed by atoms with Gasteiger partial charge in [-0.2, -0.15) is 8.78 Å². The van der Waals surface area contributed by atoms with Gasteiger partial charge in [-0.1, -0.05) is 0 Å². The molecule has 0 saturated heterocycles. The molecule has 0 aromatic heterocycles. The van der Waals surface area contributed by atoms with E-state index in [1.165, 1.54) is 0 Å². The Labute approximate surface area is 49.8 Å². The molecular weight excluding hydrogens is 132 g/mol. The molecule has 0 aromatic rings. The molecule has 0 rings (SSSR count). The number of alkyl halides is 2. The Morgan fingerprint density at radius 2 is 1.78 bits per heavy atom. The fourth-order valence-corrected chi connectivity index (χ4v) is 0.173. The summed E-state index contributed by atoms with van der Waals surface area (Å²) in [6.45, 7) is 0.602. The predicted molar refractivity (Wildman–Crippen MR) is 24.8 cm³/mol. The van der Waals surface area contributed by atoms with E-state index in [0.717, 1.165) is 0 Å². The molecule has 2 N–H and O–H groups in total. The van der Waals surface area contributed by atoms with Gasteiger partial charge < -0.3 is 5.73 Å². The molecule has 0 aliphatic heterocycles. The average Bonchev–Trinajstić information content (AvgIpc) is 1.65. The Morgan fingerprint density at radius 3 is 1.78 bits per heavy atom. The number of carbonyl (C=O) groups is 2. The fraction of sp³-hybridized carbons (Fsp3) is 0.500. The van der Waals surface area contributed by atoms with Gasteiger partial charge in [0.2, 0.25) is 5.78 Å². The molecule has 5 heteroatoms. The quantitative estimate of drug-likeness (QED) is 0.531. The van der Waals surface area contributed by atoms with Gasteiger partial charge in [-0.05, 0) is 0 Å². The number of Topliss-reactive ketones (excluding diaryl/α,β-unsaturated/α-hetero) is 1. The molecule has 9 heavy (non-hydrogen) atoms. The second-order valence-corrected chi connectivity index (χ2v) is 1.49. The Kier molecular flexibility index (Phi) is 1.85. The first-order chi connectivity index (χ1) is 3.89. The van der Waals surface area contributed by atoms with Crippen molar-refractivity contribution in [2.24, 2.45) is 5.73 Å². The van der Waals surface area contributed by atoms with E-state index < -0.39 is 17.6 Å². The second-order valence-electron chi connectivity index (χ2n) is 1.49. The van der Waals surface area contributed by atoms with Crippen LogP contribution in [0.1, 0.15) is 6.92 Å². The van der Waals surface area contributed by atoms with Crippen molar-refractivity contribution in [3.05, 3.63) is 0 Å². The lowest BCUT2D eigenvalue weighted by molar-refractivity contribution is -0.154. The summed E-state index contributed by atoms with van der Waals surface area (Å²) in [5.41, 5.74) is 4.16. The molecule has 0 fully saturated rings. The summed E-state index contributed by atoms with van der Waals surface area (Å²) in [5.74, 6) is -7.44. The van der Waals surface area contributed by atoms with Crippen molar-refractivity contribution in [1.82, 2.24) is 0 Å². The van der Waals surface area contributed by atoms with E-state index in [9.17, 15) is 18.4 Å². The van der Waals surface area contributed by atoms with Crippen LogP contribution in [0.2, 0.25) is 0 Å². The van der Waals surface area contributed by atoms with Crippen LogP contribution in [-0.2, 0) is 9.59 Å². The van der Waals surface area contributed by atoms with Crippen LogP contribution in [0.25, 0.3) is 0 Å². The van der Waals surface area contributed by atoms with Crippen LogP contribution in [0.4, 0.5) is 8.78 Å². The molecule has 0 radical (unpaired) electrons. The molecule has 0 aliphatic carbocycles. The predicted octanol–water partition coefficient (Wildman–Crippen LogP) is -0.304. The van der Waals surface area contributed by atoms with Crippen molar-refractivity contribution in [3.8, 4) is 0 Å². The number of primary amides is 1. The maximum Gasteiger partial charge on any atom is 0.381 e. The molecule has 0 atom stereocenters. The molecule has 3 nitrogen and oxygen atoms in total. The lowest BCUT2D eigenvalue weighted by Gasteiger charge is -2.05. The van der Waals surface area contributed by atoms with Crippen LogP contribution in [0, 0.1) is 0 Å². The topological polar surface area (TPSA) is 60.2 Å². The van der Waals surface area contributed by atoms with Crippen LogP contribution in [-0.4, -0.2) is 17.6 Å². The minimum Gasteiger partial charge on any atom is -0.364 e. The van der Waals surface area contributed by atoms with Gasteiger partial charge in [0.15, 0.2) is 0 Å². The Morgan fingerprint density at radius 1 is 1.44 bits per heavy atom. The van der Waals surface area contributed by atoms with Gasteiger partial charge in [-0.3, -0.25) is 9.59 Å². The summed E-state index contributed by atoms with van der Waals surface area (Å²) >= 11 is 0. The van der Waals surface area contributed by atoms with E-state index in [1.807, 2.05) is 0 Å². The molecule has 0 bridgehead atoms. The molecular formula is C4H5F2NO2. The van der Waals surface area contributed by atoms with E-state index >= 15 is 0 Å². The van der Waals surface area contributed by atoms with Crippen LogP contribution < -0.4 is 5.73 Å². The SMILES string of the molecule is CC(=O)C(F)(F)C(N)=O. The number of halogens is 2. The zero-order valence-electron chi connectivity index (χ0n) is 4.65. The Hall–Kier alpha value is -1.00. The number of carbonyl (C=O) groups excluding carboxylic acids is 2. The van der Waals surface area contributed by atoms with Crippen molar-refractivity contribution in [2.75, 3.05) is 0 Å². The molecule has 0 spiro atoms. The lowest BCUT2D eigenvalue weighted by Crippen LogP contribution is -2.41. The monoisotopic (exact) mass is 137 g/mol. The highest BCUT2D eigenvalue weighted by molar-refractivity contribution is 6.05. The highest BCUT2D eigenvalue weighted by Gasteiger charge is 2.41. The first kappa shape index (κ1) is 8.00. The summed E-state index contributed by atoms with van der Waals surface area (Å²) < 4.78 is 23.7. The zero-order valence-corrected chi connectivity index (χ0v) is 4.65. The molecule has 1 amide bonds. The molecule has 0 unspecified atom stereocenters. The summed E-state index contributed by atoms with van der Waals surface area (Å²) in [4.78, 5) is 19.6. The second kappa shape index (κ2) is 2.08. The standard InChI is InChI=1S/C4H5F2NO2/c1-2(8)4(5,6)3(7)9/h1H3,(H2,7,9). The van der Waals surface area contributed by atoms with Crippen LogP contribution >= 0.6 is 0 Å². The number of amides is 1. The van der Waals surface area contributed by atoms with Gasteiger partial charge in [0.25, 0.3) is 5.91 Å². The molecule has 0 aliphatic rings. The Bertz CT molecular complexity index is 139. The summed E-state index contributed by atoms with van der Waals surface area (Å²) in [7, 11) is 0. The number of nitrogens with two attached hydrogens (primary N) is 1. The van der Waals surface area contributed by atoms with Gasteiger partial charge in [-0.25, -0.2) is 0 Å². The minimum atomic E-state index is -4.00. The maximum absolute atomic E-state index is 11.8.